The molecule has 2 aromatic heterocycles. The summed E-state index contributed by atoms with van der Waals surface area (Å²) >= 11 is 0. The van der Waals surface area contributed by atoms with Gasteiger partial charge in [-0.25, -0.2) is 4.63 Å². The van der Waals surface area contributed by atoms with Crippen LogP contribution in [0, 0.1) is 0 Å². The van der Waals surface area contributed by atoms with Crippen molar-refractivity contribution in [3.63, 3.8) is 0 Å². The number of fused-ring (bicyclic) bond motifs is 2. The number of aryl methyl sites for hydroxylation is 1. The zero-order valence-electron chi connectivity index (χ0n) is 12.8. The van der Waals surface area contributed by atoms with E-state index in [1.165, 1.54) is 0 Å². The number of rotatable bonds is 1. The van der Waals surface area contributed by atoms with Crippen LogP contribution in [0.4, 0.5) is 5.82 Å². The van der Waals surface area contributed by atoms with Crippen LogP contribution >= 0.6 is 0 Å². The van der Waals surface area contributed by atoms with E-state index in [1.54, 1.807) is 17.8 Å². The molecule has 0 saturated carbocycles. The van der Waals surface area contributed by atoms with Gasteiger partial charge in [0.25, 0.3) is 5.56 Å². The minimum absolute atomic E-state index is 0.0785. The molecule has 24 heavy (non-hydrogen) atoms. The maximum atomic E-state index is 12.5. The van der Waals surface area contributed by atoms with E-state index in [-0.39, 0.29) is 11.3 Å². The molecular formula is C16H13N5O3. The van der Waals surface area contributed by atoms with Gasteiger partial charge in [-0.05, 0) is 34.4 Å². The first-order valence-electron chi connectivity index (χ1n) is 7.68. The Bertz CT molecular complexity index is 1100. The number of hydrogen-bond acceptors (Lipinski definition) is 6. The number of aromatic amines is 1. The van der Waals surface area contributed by atoms with Crippen molar-refractivity contribution in [3.8, 4) is 0 Å². The van der Waals surface area contributed by atoms with E-state index in [9.17, 15) is 9.59 Å². The number of ketones is 1. The molecule has 0 fully saturated rings. The third-order valence-electron chi connectivity index (χ3n) is 4.79. The molecule has 0 spiro atoms. The number of anilines is 1. The quantitative estimate of drug-likeness (QED) is 0.701. The summed E-state index contributed by atoms with van der Waals surface area (Å²) in [6.45, 7) is 0. The highest BCUT2D eigenvalue weighted by Gasteiger charge is 2.39. The molecule has 0 radical (unpaired) electrons. The minimum Gasteiger partial charge on any atom is -0.343 e. The summed E-state index contributed by atoms with van der Waals surface area (Å²) in [4.78, 5) is 25.0. The molecule has 0 bridgehead atoms. The molecule has 1 unspecified atom stereocenters. The average Bonchev–Trinajstić information content (AvgIpc) is 3.25. The van der Waals surface area contributed by atoms with Crippen LogP contribution in [0.25, 0.3) is 11.0 Å². The summed E-state index contributed by atoms with van der Waals surface area (Å²) < 4.78 is 6.41. The number of nitrogens with one attached hydrogen (secondary N) is 2. The molecular weight excluding hydrogens is 310 g/mol. The number of aromatic nitrogens is 4. The first-order chi connectivity index (χ1) is 11.6. The van der Waals surface area contributed by atoms with E-state index in [1.807, 2.05) is 12.1 Å². The predicted octanol–water partition coefficient (Wildman–Crippen LogP) is 1.42. The Labute approximate surface area is 135 Å². The molecule has 1 aromatic carbocycles. The van der Waals surface area contributed by atoms with Crippen LogP contribution in [-0.4, -0.2) is 25.9 Å². The van der Waals surface area contributed by atoms with Gasteiger partial charge in [-0.2, -0.15) is 0 Å². The van der Waals surface area contributed by atoms with Crippen LogP contribution in [0.2, 0.25) is 0 Å². The van der Waals surface area contributed by atoms with Crippen LogP contribution in [0.1, 0.15) is 29.9 Å². The fourth-order valence-electron chi connectivity index (χ4n) is 3.72. The number of carbonyl (C=O) groups is 1. The zero-order chi connectivity index (χ0) is 16.4. The Kier molecular flexibility index (Phi) is 2.46. The van der Waals surface area contributed by atoms with E-state index in [0.717, 1.165) is 11.3 Å². The molecule has 8 nitrogen and oxygen atoms in total. The van der Waals surface area contributed by atoms with Crippen LogP contribution in [-0.2, 0) is 11.8 Å². The predicted molar refractivity (Wildman–Crippen MR) is 84.6 cm³/mol. The number of nitrogens with zero attached hydrogens (tertiary/aromatic N) is 3. The Balaban J connectivity index is 1.80. The summed E-state index contributed by atoms with van der Waals surface area (Å²) in [6.07, 6.45) is 1.13. The van der Waals surface area contributed by atoms with Crippen LogP contribution in [0.5, 0.6) is 0 Å². The molecule has 8 heteroatoms. The molecule has 5 rings (SSSR count). The van der Waals surface area contributed by atoms with Gasteiger partial charge in [-0.3, -0.25) is 19.4 Å². The molecule has 2 N–H and O–H groups in total. The molecule has 1 atom stereocenters. The lowest BCUT2D eigenvalue weighted by atomic mass is 9.82. The summed E-state index contributed by atoms with van der Waals surface area (Å²) in [5, 5.41) is 13.7. The second-order valence-electron chi connectivity index (χ2n) is 6.15. The van der Waals surface area contributed by atoms with E-state index in [2.05, 4.69) is 20.7 Å². The van der Waals surface area contributed by atoms with Crippen molar-refractivity contribution >= 4 is 22.6 Å². The van der Waals surface area contributed by atoms with E-state index in [4.69, 9.17) is 4.63 Å². The molecule has 3 heterocycles. The Hall–Kier alpha value is -3.16. The third kappa shape index (κ3) is 1.62. The number of carbonyl (C=O) groups excluding carboxylic acids is 1. The molecule has 120 valence electrons. The molecule has 0 saturated heterocycles. The lowest BCUT2D eigenvalue weighted by Crippen LogP contribution is -2.23. The van der Waals surface area contributed by atoms with Gasteiger partial charge in [0.05, 0.1) is 5.56 Å². The fraction of sp³-hybridized carbons (Fsp3) is 0.250. The summed E-state index contributed by atoms with van der Waals surface area (Å²) in [5.41, 5.74) is 4.01. The van der Waals surface area contributed by atoms with Crippen molar-refractivity contribution in [2.45, 2.75) is 18.8 Å². The maximum absolute atomic E-state index is 12.5. The SMILES string of the molecule is Cn1[nH]c(=O)c2c1NC1=C(C(=O)CC1)C2c1ccc2nonc2c1. The van der Waals surface area contributed by atoms with Crippen molar-refractivity contribution in [2.24, 2.45) is 7.05 Å². The lowest BCUT2D eigenvalue weighted by molar-refractivity contribution is -0.115. The van der Waals surface area contributed by atoms with Crippen molar-refractivity contribution in [1.82, 2.24) is 20.1 Å². The van der Waals surface area contributed by atoms with Gasteiger partial charge in [0.15, 0.2) is 5.78 Å². The van der Waals surface area contributed by atoms with E-state index >= 15 is 0 Å². The second-order valence-corrected chi connectivity index (χ2v) is 6.15. The minimum atomic E-state index is -0.405. The highest BCUT2D eigenvalue weighted by Crippen LogP contribution is 2.44. The van der Waals surface area contributed by atoms with Crippen LogP contribution in [0.3, 0.4) is 0 Å². The summed E-state index contributed by atoms with van der Waals surface area (Å²) in [7, 11) is 1.78. The van der Waals surface area contributed by atoms with Crippen molar-refractivity contribution in [2.75, 3.05) is 5.32 Å². The van der Waals surface area contributed by atoms with Crippen LogP contribution < -0.4 is 10.9 Å². The first-order valence-corrected chi connectivity index (χ1v) is 7.68. The van der Waals surface area contributed by atoms with Crippen molar-refractivity contribution < 1.29 is 9.42 Å². The highest BCUT2D eigenvalue weighted by atomic mass is 16.6. The van der Waals surface area contributed by atoms with Gasteiger partial charge in [0, 0.05) is 30.7 Å². The lowest BCUT2D eigenvalue weighted by Gasteiger charge is -2.25. The Morgan fingerprint density at radius 1 is 1.21 bits per heavy atom. The topological polar surface area (TPSA) is 106 Å². The van der Waals surface area contributed by atoms with Crippen molar-refractivity contribution in [1.29, 1.82) is 0 Å². The third-order valence-corrected chi connectivity index (χ3v) is 4.79. The van der Waals surface area contributed by atoms with Gasteiger partial charge in [-0.15, -0.1) is 0 Å². The monoisotopic (exact) mass is 323 g/mol. The summed E-state index contributed by atoms with van der Waals surface area (Å²) in [6, 6.07) is 5.49. The van der Waals surface area contributed by atoms with Crippen LogP contribution in [0.15, 0.2) is 38.9 Å². The van der Waals surface area contributed by atoms with Gasteiger partial charge < -0.3 is 5.32 Å². The maximum Gasteiger partial charge on any atom is 0.270 e. The molecule has 0 amide bonds. The second kappa shape index (κ2) is 4.44. The highest BCUT2D eigenvalue weighted by molar-refractivity contribution is 6.02. The molecule has 1 aliphatic carbocycles. The first kappa shape index (κ1) is 13.3. The number of benzene rings is 1. The van der Waals surface area contributed by atoms with Gasteiger partial charge >= 0.3 is 0 Å². The van der Waals surface area contributed by atoms with Gasteiger partial charge in [-0.1, -0.05) is 6.07 Å². The molecule has 3 aromatic rings. The molecule has 2 aliphatic rings. The fourth-order valence-corrected chi connectivity index (χ4v) is 3.72. The van der Waals surface area contributed by atoms with E-state index < -0.39 is 5.92 Å². The largest absolute Gasteiger partial charge is 0.343 e. The Morgan fingerprint density at radius 2 is 2.04 bits per heavy atom. The zero-order valence-corrected chi connectivity index (χ0v) is 12.8. The normalized spacial score (nSPS) is 19.5. The summed E-state index contributed by atoms with van der Waals surface area (Å²) in [5.74, 6) is 0.379. The van der Waals surface area contributed by atoms with E-state index in [0.29, 0.717) is 40.8 Å². The average molecular weight is 323 g/mol. The Morgan fingerprint density at radius 3 is 2.92 bits per heavy atom. The smallest absolute Gasteiger partial charge is 0.270 e. The standard InChI is InChI=1S/C16H13N5O3/c1-21-15-14(16(23)18-21)12(13-9(17-15)4-5-11(13)22)7-2-3-8-10(6-7)20-24-19-8/h2-3,6,12,17H,4-5H2,1H3,(H,18,23). The van der Waals surface area contributed by atoms with Crippen molar-refractivity contribution in [3.05, 3.63) is 50.9 Å². The molecule has 1 aliphatic heterocycles. The number of hydrogen-bond donors (Lipinski definition) is 2. The number of allylic oxidation sites excluding steroid dienone is 2. The number of H-pyrrole nitrogens is 1. The van der Waals surface area contributed by atoms with Gasteiger partial charge in [0.2, 0.25) is 0 Å². The van der Waals surface area contributed by atoms with Gasteiger partial charge in [0.1, 0.15) is 16.9 Å². The number of Topliss-reactive ketones (excluding diaryl/α,β-unsaturated/α-hetero) is 1.